The highest BCUT2D eigenvalue weighted by molar-refractivity contribution is 4.91. The normalized spacial score (nSPS) is 27.6. The summed E-state index contributed by atoms with van der Waals surface area (Å²) in [5.74, 6) is 0.731. The van der Waals surface area contributed by atoms with E-state index in [0.29, 0.717) is 11.0 Å². The Hall–Kier alpha value is -0.0800. The molecular weight excluding hydrogens is 184 g/mol. The zero-order valence-electron chi connectivity index (χ0n) is 11.1. The second-order valence-electron chi connectivity index (χ2n) is 6.34. The van der Waals surface area contributed by atoms with Crippen LogP contribution in [-0.4, -0.2) is 25.2 Å². The lowest BCUT2D eigenvalue weighted by Gasteiger charge is -2.32. The monoisotopic (exact) mass is 212 g/mol. The molecule has 1 unspecified atom stereocenters. The lowest BCUT2D eigenvalue weighted by molar-refractivity contribution is 0.228. The average Bonchev–Trinajstić information content (AvgIpc) is 2.51. The Labute approximate surface area is 95.2 Å². The van der Waals surface area contributed by atoms with Gasteiger partial charge in [-0.1, -0.05) is 27.7 Å². The highest BCUT2D eigenvalue weighted by Crippen LogP contribution is 2.25. The van der Waals surface area contributed by atoms with Crippen LogP contribution in [0.2, 0.25) is 0 Å². The summed E-state index contributed by atoms with van der Waals surface area (Å²) in [7, 11) is 0. The molecule has 0 bridgehead atoms. The molecule has 0 aliphatic carbocycles. The van der Waals surface area contributed by atoms with Crippen LogP contribution in [0.3, 0.4) is 0 Å². The Bertz CT molecular complexity index is 186. The van der Waals surface area contributed by atoms with E-state index in [1.807, 2.05) is 0 Å². The Balaban J connectivity index is 2.26. The molecule has 1 aliphatic rings. The van der Waals surface area contributed by atoms with Gasteiger partial charge in [-0.15, -0.1) is 0 Å². The van der Waals surface area contributed by atoms with Crippen LogP contribution in [0.5, 0.6) is 0 Å². The predicted octanol–water partition coefficient (Wildman–Crippen LogP) is 2.40. The zero-order chi connectivity index (χ0) is 11.5. The van der Waals surface area contributed by atoms with E-state index in [2.05, 4.69) is 45.3 Å². The van der Waals surface area contributed by atoms with E-state index in [1.54, 1.807) is 0 Å². The van der Waals surface area contributed by atoms with Gasteiger partial charge in [0, 0.05) is 18.6 Å². The Morgan fingerprint density at radius 3 is 2.53 bits per heavy atom. The number of rotatable bonds is 5. The summed E-state index contributed by atoms with van der Waals surface area (Å²) in [6.07, 6.45) is 2.63. The fraction of sp³-hybridized carbons (Fsp3) is 1.00. The predicted molar refractivity (Wildman–Crippen MR) is 67.1 cm³/mol. The molecule has 0 aromatic carbocycles. The van der Waals surface area contributed by atoms with Crippen LogP contribution in [0.1, 0.15) is 47.5 Å². The van der Waals surface area contributed by atoms with Gasteiger partial charge in [0.2, 0.25) is 0 Å². The molecule has 0 spiro atoms. The fourth-order valence-electron chi connectivity index (χ4n) is 1.97. The third-order valence-corrected chi connectivity index (χ3v) is 4.12. The second-order valence-corrected chi connectivity index (χ2v) is 6.34. The molecule has 0 aromatic rings. The first-order valence-electron chi connectivity index (χ1n) is 6.31. The second kappa shape index (κ2) is 4.84. The molecular formula is C13H28N2. The van der Waals surface area contributed by atoms with Crippen LogP contribution < -0.4 is 10.6 Å². The maximum absolute atomic E-state index is 3.63. The van der Waals surface area contributed by atoms with Crippen LogP contribution in [0.25, 0.3) is 0 Å². The Kier molecular flexibility index (Phi) is 4.19. The van der Waals surface area contributed by atoms with Crippen molar-refractivity contribution in [3.05, 3.63) is 0 Å². The van der Waals surface area contributed by atoms with Gasteiger partial charge in [-0.05, 0) is 37.6 Å². The van der Waals surface area contributed by atoms with Gasteiger partial charge in [0.15, 0.2) is 0 Å². The Morgan fingerprint density at radius 1 is 1.40 bits per heavy atom. The summed E-state index contributed by atoms with van der Waals surface area (Å²) >= 11 is 0. The van der Waals surface area contributed by atoms with E-state index >= 15 is 0 Å². The van der Waals surface area contributed by atoms with Crippen LogP contribution >= 0.6 is 0 Å². The molecule has 2 heteroatoms. The highest BCUT2D eigenvalue weighted by Gasteiger charge is 2.29. The lowest BCUT2D eigenvalue weighted by atomic mass is 9.81. The van der Waals surface area contributed by atoms with E-state index < -0.39 is 0 Å². The number of hydrogen-bond donors (Lipinski definition) is 2. The van der Waals surface area contributed by atoms with Crippen molar-refractivity contribution in [2.24, 2.45) is 11.3 Å². The van der Waals surface area contributed by atoms with Crippen molar-refractivity contribution >= 4 is 0 Å². The number of hydrogen-bond acceptors (Lipinski definition) is 2. The fourth-order valence-corrected chi connectivity index (χ4v) is 1.97. The summed E-state index contributed by atoms with van der Waals surface area (Å²) < 4.78 is 0. The molecule has 0 saturated carbocycles. The number of nitrogens with one attached hydrogen (secondary N) is 2. The van der Waals surface area contributed by atoms with E-state index in [4.69, 9.17) is 0 Å². The van der Waals surface area contributed by atoms with Gasteiger partial charge >= 0.3 is 0 Å². The lowest BCUT2D eigenvalue weighted by Crippen LogP contribution is -2.48. The smallest absolute Gasteiger partial charge is 0.0278 e. The summed E-state index contributed by atoms with van der Waals surface area (Å²) in [4.78, 5) is 0. The molecule has 1 heterocycles. The van der Waals surface area contributed by atoms with Crippen LogP contribution in [-0.2, 0) is 0 Å². The maximum Gasteiger partial charge on any atom is 0.0278 e. The van der Waals surface area contributed by atoms with E-state index in [9.17, 15) is 0 Å². The van der Waals surface area contributed by atoms with Crippen molar-refractivity contribution in [2.45, 2.75) is 53.0 Å². The van der Waals surface area contributed by atoms with Crippen molar-refractivity contribution in [3.63, 3.8) is 0 Å². The molecule has 15 heavy (non-hydrogen) atoms. The van der Waals surface area contributed by atoms with E-state index in [1.165, 1.54) is 19.4 Å². The van der Waals surface area contributed by atoms with Crippen LogP contribution in [0.4, 0.5) is 0 Å². The van der Waals surface area contributed by atoms with Crippen LogP contribution in [0, 0.1) is 11.3 Å². The van der Waals surface area contributed by atoms with Gasteiger partial charge < -0.3 is 10.6 Å². The zero-order valence-corrected chi connectivity index (χ0v) is 11.1. The quantitative estimate of drug-likeness (QED) is 0.731. The molecule has 0 radical (unpaired) electrons. The van der Waals surface area contributed by atoms with E-state index in [-0.39, 0.29) is 0 Å². The molecule has 2 nitrogen and oxygen atoms in total. The topological polar surface area (TPSA) is 24.1 Å². The summed E-state index contributed by atoms with van der Waals surface area (Å²) in [5, 5.41) is 7.21. The molecule has 1 aliphatic heterocycles. The van der Waals surface area contributed by atoms with Crippen molar-refractivity contribution in [3.8, 4) is 0 Å². The third kappa shape index (κ3) is 3.76. The third-order valence-electron chi connectivity index (χ3n) is 4.12. The van der Waals surface area contributed by atoms with Gasteiger partial charge in [0.25, 0.3) is 0 Å². The molecule has 1 fully saturated rings. The molecule has 1 atom stereocenters. The van der Waals surface area contributed by atoms with Gasteiger partial charge in [-0.25, -0.2) is 0 Å². The molecule has 2 N–H and O–H groups in total. The molecule has 90 valence electrons. The molecule has 1 rings (SSSR count). The van der Waals surface area contributed by atoms with Crippen molar-refractivity contribution in [2.75, 3.05) is 19.6 Å². The largest absolute Gasteiger partial charge is 0.314 e. The van der Waals surface area contributed by atoms with Crippen molar-refractivity contribution in [1.29, 1.82) is 0 Å². The minimum atomic E-state index is 0.340. The van der Waals surface area contributed by atoms with E-state index in [0.717, 1.165) is 19.0 Å². The van der Waals surface area contributed by atoms with Gasteiger partial charge in [-0.3, -0.25) is 0 Å². The highest BCUT2D eigenvalue weighted by atomic mass is 15.1. The average molecular weight is 212 g/mol. The first-order chi connectivity index (χ1) is 6.86. The maximum atomic E-state index is 3.63. The SMILES string of the molecule is CC(C)C(C)(C)CNCC1(C)CCCN1. The first-order valence-corrected chi connectivity index (χ1v) is 6.31. The minimum absolute atomic E-state index is 0.340. The van der Waals surface area contributed by atoms with Crippen LogP contribution in [0.15, 0.2) is 0 Å². The summed E-state index contributed by atoms with van der Waals surface area (Å²) in [6, 6.07) is 0. The van der Waals surface area contributed by atoms with Gasteiger partial charge in [0.1, 0.15) is 0 Å². The minimum Gasteiger partial charge on any atom is -0.314 e. The summed E-state index contributed by atoms with van der Waals surface area (Å²) in [5.41, 5.74) is 0.738. The van der Waals surface area contributed by atoms with Crippen molar-refractivity contribution < 1.29 is 0 Å². The molecule has 1 saturated heterocycles. The van der Waals surface area contributed by atoms with Gasteiger partial charge in [0.05, 0.1) is 0 Å². The standard InChI is InChI=1S/C13H28N2/c1-11(2)12(3,4)9-14-10-13(5)7-6-8-15-13/h11,14-15H,6-10H2,1-5H3. The molecule has 0 amide bonds. The Morgan fingerprint density at radius 2 is 2.07 bits per heavy atom. The van der Waals surface area contributed by atoms with Crippen molar-refractivity contribution in [1.82, 2.24) is 10.6 Å². The molecule has 0 aromatic heterocycles. The van der Waals surface area contributed by atoms with Gasteiger partial charge in [-0.2, -0.15) is 0 Å². The summed E-state index contributed by atoms with van der Waals surface area (Å²) in [6.45, 7) is 15.0. The first kappa shape index (κ1) is 13.0.